The molecule has 0 saturated carbocycles. The average molecular weight is 214 g/mol. The maximum atomic E-state index is 6.02. The second-order valence-electron chi connectivity index (χ2n) is 3.55. The molecule has 1 atom stereocenters. The molecule has 0 spiro atoms. The lowest BCUT2D eigenvalue weighted by Crippen LogP contribution is -2.17. The predicted molar refractivity (Wildman–Crippen MR) is 59.4 cm³/mol. The summed E-state index contributed by atoms with van der Waals surface area (Å²) in [6.45, 7) is 7.76. The molecule has 3 nitrogen and oxygen atoms in total. The Balaban J connectivity index is 3.03. The fourth-order valence-corrected chi connectivity index (χ4v) is 1.67. The van der Waals surface area contributed by atoms with E-state index in [1.807, 2.05) is 18.5 Å². The zero-order valence-electron chi connectivity index (χ0n) is 8.57. The van der Waals surface area contributed by atoms with Gasteiger partial charge in [-0.05, 0) is 20.3 Å². The van der Waals surface area contributed by atoms with Crippen LogP contribution in [0.4, 0.5) is 0 Å². The normalized spacial score (nSPS) is 13.2. The Morgan fingerprint density at radius 3 is 2.86 bits per heavy atom. The van der Waals surface area contributed by atoms with Crippen LogP contribution in [0.3, 0.4) is 0 Å². The molecular weight excluding hydrogens is 198 g/mol. The monoisotopic (exact) mass is 213 g/mol. The van der Waals surface area contributed by atoms with E-state index in [0.717, 1.165) is 5.69 Å². The van der Waals surface area contributed by atoms with Gasteiger partial charge in [0.05, 0.1) is 23.0 Å². The molecule has 1 rings (SSSR count). The van der Waals surface area contributed by atoms with E-state index < -0.39 is 0 Å². The van der Waals surface area contributed by atoms with Crippen molar-refractivity contribution >= 4 is 11.6 Å². The molecule has 4 heteroatoms. The summed E-state index contributed by atoms with van der Waals surface area (Å²) in [6, 6.07) is 0.151. The Hall–Kier alpha value is -0.800. The fraction of sp³-hybridized carbons (Fsp3) is 0.500. The average Bonchev–Trinajstić information content (AvgIpc) is 2.47. The molecular formula is C10H16ClN3. The molecule has 0 amide bonds. The highest BCUT2D eigenvalue weighted by Crippen LogP contribution is 2.25. The Labute approximate surface area is 89.5 Å². The molecule has 0 bridgehead atoms. The van der Waals surface area contributed by atoms with Crippen molar-refractivity contribution in [2.45, 2.75) is 32.4 Å². The Bertz CT molecular complexity index is 317. The highest BCUT2D eigenvalue weighted by molar-refractivity contribution is 6.31. The molecule has 2 N–H and O–H groups in total. The minimum Gasteiger partial charge on any atom is -0.322 e. The summed E-state index contributed by atoms with van der Waals surface area (Å²) in [6.07, 6.45) is 4.14. The molecule has 78 valence electrons. The predicted octanol–water partition coefficient (Wildman–Crippen LogP) is 2.69. The van der Waals surface area contributed by atoms with Crippen LogP contribution in [0.2, 0.25) is 5.02 Å². The summed E-state index contributed by atoms with van der Waals surface area (Å²) >= 11 is 6.02. The van der Waals surface area contributed by atoms with Gasteiger partial charge in [-0.25, -0.2) is 0 Å². The van der Waals surface area contributed by atoms with Crippen LogP contribution in [0, 0.1) is 0 Å². The van der Waals surface area contributed by atoms with E-state index in [9.17, 15) is 0 Å². The number of hydrogen-bond acceptors (Lipinski definition) is 2. The Morgan fingerprint density at radius 1 is 1.71 bits per heavy atom. The van der Waals surface area contributed by atoms with Gasteiger partial charge in [-0.1, -0.05) is 17.7 Å². The highest BCUT2D eigenvalue weighted by Gasteiger charge is 2.17. The molecule has 1 aromatic heterocycles. The summed E-state index contributed by atoms with van der Waals surface area (Å²) in [5.74, 6) is 0. The Kier molecular flexibility index (Phi) is 3.72. The van der Waals surface area contributed by atoms with Gasteiger partial charge in [0.25, 0.3) is 0 Å². The van der Waals surface area contributed by atoms with Crippen LogP contribution < -0.4 is 5.73 Å². The molecule has 0 aliphatic rings. The largest absolute Gasteiger partial charge is 0.322 e. The smallest absolute Gasteiger partial charge is 0.0834 e. The minimum atomic E-state index is -0.120. The van der Waals surface area contributed by atoms with Crippen molar-refractivity contribution in [3.8, 4) is 0 Å². The number of halogens is 1. The number of hydrogen-bond donors (Lipinski definition) is 1. The lowest BCUT2D eigenvalue weighted by molar-refractivity contribution is 0.487. The third-order valence-corrected chi connectivity index (χ3v) is 2.34. The van der Waals surface area contributed by atoms with Crippen molar-refractivity contribution in [2.24, 2.45) is 5.73 Å². The van der Waals surface area contributed by atoms with E-state index in [0.29, 0.717) is 11.4 Å². The van der Waals surface area contributed by atoms with Gasteiger partial charge in [-0.15, -0.1) is 6.58 Å². The minimum absolute atomic E-state index is 0.120. The van der Waals surface area contributed by atoms with Crippen molar-refractivity contribution < 1.29 is 0 Å². The van der Waals surface area contributed by atoms with Crippen molar-refractivity contribution in [3.63, 3.8) is 0 Å². The second kappa shape index (κ2) is 4.62. The third kappa shape index (κ3) is 2.16. The number of nitrogens with zero attached hydrogens (tertiary/aromatic N) is 2. The van der Waals surface area contributed by atoms with Gasteiger partial charge >= 0.3 is 0 Å². The van der Waals surface area contributed by atoms with Gasteiger partial charge in [0, 0.05) is 6.04 Å². The van der Waals surface area contributed by atoms with E-state index in [1.165, 1.54) is 0 Å². The maximum absolute atomic E-state index is 6.02. The van der Waals surface area contributed by atoms with Gasteiger partial charge in [0.1, 0.15) is 0 Å². The lowest BCUT2D eigenvalue weighted by atomic mass is 10.1. The van der Waals surface area contributed by atoms with Crippen LogP contribution >= 0.6 is 11.6 Å². The van der Waals surface area contributed by atoms with Crippen molar-refractivity contribution in [2.75, 3.05) is 0 Å². The second-order valence-corrected chi connectivity index (χ2v) is 3.95. The molecule has 0 aliphatic carbocycles. The number of rotatable bonds is 4. The lowest BCUT2D eigenvalue weighted by Gasteiger charge is -2.15. The van der Waals surface area contributed by atoms with Crippen LogP contribution in [0.15, 0.2) is 18.9 Å². The van der Waals surface area contributed by atoms with Gasteiger partial charge in [0.2, 0.25) is 0 Å². The van der Waals surface area contributed by atoms with E-state index >= 15 is 0 Å². The van der Waals surface area contributed by atoms with E-state index in [2.05, 4.69) is 11.7 Å². The highest BCUT2D eigenvalue weighted by atomic mass is 35.5. The van der Waals surface area contributed by atoms with Gasteiger partial charge < -0.3 is 5.73 Å². The van der Waals surface area contributed by atoms with Crippen LogP contribution in [0.25, 0.3) is 0 Å². The van der Waals surface area contributed by atoms with Gasteiger partial charge in [-0.3, -0.25) is 4.68 Å². The van der Waals surface area contributed by atoms with Crippen LogP contribution in [-0.2, 0) is 0 Å². The zero-order chi connectivity index (χ0) is 10.7. The summed E-state index contributed by atoms with van der Waals surface area (Å²) < 4.78 is 1.86. The third-order valence-electron chi connectivity index (χ3n) is 2.05. The maximum Gasteiger partial charge on any atom is 0.0834 e. The molecule has 0 aliphatic heterocycles. The van der Waals surface area contributed by atoms with Crippen LogP contribution in [0.1, 0.15) is 38.0 Å². The molecule has 0 radical (unpaired) electrons. The summed E-state index contributed by atoms with van der Waals surface area (Å²) in [4.78, 5) is 0. The summed E-state index contributed by atoms with van der Waals surface area (Å²) in [7, 11) is 0. The van der Waals surface area contributed by atoms with E-state index in [4.69, 9.17) is 17.3 Å². The molecule has 0 saturated heterocycles. The van der Waals surface area contributed by atoms with Gasteiger partial charge in [-0.2, -0.15) is 5.10 Å². The van der Waals surface area contributed by atoms with Crippen molar-refractivity contribution in [1.82, 2.24) is 9.78 Å². The first-order chi connectivity index (χ1) is 6.57. The first-order valence-corrected chi connectivity index (χ1v) is 5.05. The zero-order valence-corrected chi connectivity index (χ0v) is 9.33. The number of nitrogens with two attached hydrogens (primary N) is 1. The molecule has 1 unspecified atom stereocenters. The molecule has 0 fully saturated rings. The van der Waals surface area contributed by atoms with Crippen LogP contribution in [0.5, 0.6) is 0 Å². The standard InChI is InChI=1S/C10H16ClN3/c1-4-5-9(12)10-8(11)6-13-14(10)7(2)3/h4,6-7,9H,1,5,12H2,2-3H3. The molecule has 14 heavy (non-hydrogen) atoms. The summed E-state index contributed by atoms with van der Waals surface area (Å²) in [5, 5.41) is 4.82. The quantitative estimate of drug-likeness (QED) is 0.782. The topological polar surface area (TPSA) is 43.8 Å². The van der Waals surface area contributed by atoms with Crippen molar-refractivity contribution in [3.05, 3.63) is 29.6 Å². The van der Waals surface area contributed by atoms with Gasteiger partial charge in [0.15, 0.2) is 0 Å². The van der Waals surface area contributed by atoms with E-state index in [1.54, 1.807) is 12.3 Å². The fourth-order valence-electron chi connectivity index (χ4n) is 1.40. The van der Waals surface area contributed by atoms with E-state index in [-0.39, 0.29) is 12.1 Å². The first-order valence-electron chi connectivity index (χ1n) is 4.67. The molecule has 0 aromatic carbocycles. The number of aromatic nitrogens is 2. The SMILES string of the molecule is C=CCC(N)c1c(Cl)cnn1C(C)C. The summed E-state index contributed by atoms with van der Waals surface area (Å²) in [5.41, 5.74) is 6.86. The molecule has 1 aromatic rings. The van der Waals surface area contributed by atoms with Crippen LogP contribution in [-0.4, -0.2) is 9.78 Å². The Morgan fingerprint density at radius 2 is 2.36 bits per heavy atom. The first kappa shape index (κ1) is 11.3. The molecule has 1 heterocycles. The van der Waals surface area contributed by atoms with Crippen molar-refractivity contribution in [1.29, 1.82) is 0 Å².